The molecule has 1 rings (SSSR count). The molecule has 0 bridgehead atoms. The highest BCUT2D eigenvalue weighted by atomic mass is 16.2. The molecule has 4 nitrogen and oxygen atoms in total. The molecule has 0 aliphatic carbocycles. The quantitative estimate of drug-likeness (QED) is 0.764. The second-order valence-electron chi connectivity index (χ2n) is 5.99. The molecule has 4 heteroatoms. The number of likely N-dealkylation sites (N-methyl/N-ethyl adjacent to an activating group) is 1. The van der Waals surface area contributed by atoms with Crippen LogP contribution in [0, 0.1) is 0 Å². The summed E-state index contributed by atoms with van der Waals surface area (Å²) in [6, 6.07) is 1.11. The van der Waals surface area contributed by atoms with Crippen LogP contribution in [0.25, 0.3) is 0 Å². The van der Waals surface area contributed by atoms with Gasteiger partial charge in [0.1, 0.15) is 0 Å². The Balaban J connectivity index is 2.46. The summed E-state index contributed by atoms with van der Waals surface area (Å²) in [6.45, 7) is 7.15. The number of hydrogen-bond donors (Lipinski definition) is 1. The Bertz CT molecular complexity index is 262. The van der Waals surface area contributed by atoms with Gasteiger partial charge in [0.2, 0.25) is 5.91 Å². The lowest BCUT2D eigenvalue weighted by atomic mass is 9.98. The lowest BCUT2D eigenvalue weighted by molar-refractivity contribution is -0.130. The van der Waals surface area contributed by atoms with Crippen molar-refractivity contribution in [1.82, 2.24) is 15.1 Å². The second-order valence-corrected chi connectivity index (χ2v) is 5.99. The third-order valence-electron chi connectivity index (χ3n) is 4.01. The van der Waals surface area contributed by atoms with Gasteiger partial charge in [0.15, 0.2) is 0 Å². The molecule has 1 fully saturated rings. The summed E-state index contributed by atoms with van der Waals surface area (Å²) in [7, 11) is 3.67. The number of piperidine rings is 1. The normalized spacial score (nSPS) is 21.4. The van der Waals surface area contributed by atoms with E-state index in [4.69, 9.17) is 0 Å². The summed E-state index contributed by atoms with van der Waals surface area (Å²) in [5, 5.41) is 3.60. The van der Waals surface area contributed by atoms with E-state index in [1.807, 2.05) is 14.1 Å². The summed E-state index contributed by atoms with van der Waals surface area (Å²) in [5.41, 5.74) is 0. The molecule has 1 amide bonds. The molecule has 0 spiro atoms. The molecule has 112 valence electrons. The van der Waals surface area contributed by atoms with Crippen molar-refractivity contribution in [3.63, 3.8) is 0 Å². The standard InChI is InChI=1S/C15H31N3O/c1-5-10-18(12-15(19)17(3)4)13(2)11-14-8-6-7-9-16-14/h13-14,16H,5-12H2,1-4H3. The van der Waals surface area contributed by atoms with E-state index < -0.39 is 0 Å². The molecule has 2 atom stereocenters. The molecule has 0 radical (unpaired) electrons. The van der Waals surface area contributed by atoms with Crippen LogP contribution in [0.5, 0.6) is 0 Å². The third kappa shape index (κ3) is 5.91. The van der Waals surface area contributed by atoms with E-state index in [0.29, 0.717) is 18.6 Å². The van der Waals surface area contributed by atoms with Crippen LogP contribution in [-0.2, 0) is 4.79 Å². The summed E-state index contributed by atoms with van der Waals surface area (Å²) in [5.74, 6) is 0.205. The van der Waals surface area contributed by atoms with Crippen molar-refractivity contribution in [2.24, 2.45) is 0 Å². The zero-order valence-electron chi connectivity index (χ0n) is 13.1. The molecule has 0 aromatic heterocycles. The predicted octanol–water partition coefficient (Wildman–Crippen LogP) is 1.71. The fraction of sp³-hybridized carbons (Fsp3) is 0.933. The van der Waals surface area contributed by atoms with Crippen molar-refractivity contribution in [1.29, 1.82) is 0 Å². The first-order chi connectivity index (χ1) is 9.04. The van der Waals surface area contributed by atoms with Crippen LogP contribution in [0.3, 0.4) is 0 Å². The van der Waals surface area contributed by atoms with Crippen molar-refractivity contribution in [3.05, 3.63) is 0 Å². The number of nitrogens with one attached hydrogen (secondary N) is 1. The van der Waals surface area contributed by atoms with E-state index >= 15 is 0 Å². The number of rotatable bonds is 7. The molecule has 19 heavy (non-hydrogen) atoms. The fourth-order valence-corrected chi connectivity index (χ4v) is 2.74. The van der Waals surface area contributed by atoms with Crippen LogP contribution in [0.4, 0.5) is 0 Å². The molecular formula is C15H31N3O. The molecule has 0 aromatic rings. The summed E-state index contributed by atoms with van der Waals surface area (Å²) >= 11 is 0. The van der Waals surface area contributed by atoms with E-state index in [9.17, 15) is 4.79 Å². The molecule has 2 unspecified atom stereocenters. The maximum absolute atomic E-state index is 11.9. The van der Waals surface area contributed by atoms with Gasteiger partial charge in [-0.05, 0) is 45.7 Å². The summed E-state index contributed by atoms with van der Waals surface area (Å²) in [6.07, 6.45) is 6.19. The minimum absolute atomic E-state index is 0.205. The highest BCUT2D eigenvalue weighted by molar-refractivity contribution is 5.77. The average molecular weight is 269 g/mol. The van der Waals surface area contributed by atoms with E-state index in [-0.39, 0.29) is 5.91 Å². The lowest BCUT2D eigenvalue weighted by Crippen LogP contribution is -2.45. The Morgan fingerprint density at radius 2 is 2.11 bits per heavy atom. The van der Waals surface area contributed by atoms with Gasteiger partial charge in [0.05, 0.1) is 6.54 Å². The van der Waals surface area contributed by atoms with Gasteiger partial charge in [-0.25, -0.2) is 0 Å². The molecule has 1 heterocycles. The molecule has 1 saturated heterocycles. The first kappa shape index (κ1) is 16.4. The second kappa shape index (κ2) is 8.54. The molecule has 0 saturated carbocycles. The Morgan fingerprint density at radius 1 is 1.37 bits per heavy atom. The maximum Gasteiger partial charge on any atom is 0.236 e. The Kier molecular flexibility index (Phi) is 7.39. The van der Waals surface area contributed by atoms with Crippen LogP contribution < -0.4 is 5.32 Å². The van der Waals surface area contributed by atoms with Crippen molar-refractivity contribution in [2.45, 2.75) is 58.0 Å². The number of carbonyl (C=O) groups excluding carboxylic acids is 1. The van der Waals surface area contributed by atoms with Crippen molar-refractivity contribution < 1.29 is 4.79 Å². The third-order valence-corrected chi connectivity index (χ3v) is 4.01. The minimum Gasteiger partial charge on any atom is -0.348 e. The van der Waals surface area contributed by atoms with Crippen LogP contribution in [0.2, 0.25) is 0 Å². The van der Waals surface area contributed by atoms with Gasteiger partial charge in [-0.2, -0.15) is 0 Å². The first-order valence-electron chi connectivity index (χ1n) is 7.72. The highest BCUT2D eigenvalue weighted by Crippen LogP contribution is 2.15. The number of hydrogen-bond acceptors (Lipinski definition) is 3. The van der Waals surface area contributed by atoms with Crippen LogP contribution in [0.1, 0.15) is 46.0 Å². The Morgan fingerprint density at radius 3 is 2.63 bits per heavy atom. The van der Waals surface area contributed by atoms with Gasteiger partial charge in [-0.1, -0.05) is 13.3 Å². The van der Waals surface area contributed by atoms with Crippen molar-refractivity contribution >= 4 is 5.91 Å². The number of amides is 1. The zero-order valence-corrected chi connectivity index (χ0v) is 13.1. The van der Waals surface area contributed by atoms with E-state index in [2.05, 4.69) is 24.1 Å². The average Bonchev–Trinajstić information content (AvgIpc) is 2.39. The van der Waals surface area contributed by atoms with Gasteiger partial charge in [-0.15, -0.1) is 0 Å². The zero-order chi connectivity index (χ0) is 14.3. The van der Waals surface area contributed by atoms with Gasteiger partial charge < -0.3 is 10.2 Å². The first-order valence-corrected chi connectivity index (χ1v) is 7.72. The maximum atomic E-state index is 11.9. The van der Waals surface area contributed by atoms with Gasteiger partial charge >= 0.3 is 0 Å². The monoisotopic (exact) mass is 269 g/mol. The van der Waals surface area contributed by atoms with Crippen molar-refractivity contribution in [2.75, 3.05) is 33.7 Å². The van der Waals surface area contributed by atoms with Gasteiger partial charge in [0.25, 0.3) is 0 Å². The van der Waals surface area contributed by atoms with Crippen LogP contribution in [0.15, 0.2) is 0 Å². The Hall–Kier alpha value is -0.610. The fourth-order valence-electron chi connectivity index (χ4n) is 2.74. The molecular weight excluding hydrogens is 238 g/mol. The topological polar surface area (TPSA) is 35.6 Å². The van der Waals surface area contributed by atoms with Gasteiger partial charge in [0, 0.05) is 26.2 Å². The SMILES string of the molecule is CCCN(CC(=O)N(C)C)C(C)CC1CCCCN1. The minimum atomic E-state index is 0.205. The molecule has 1 aliphatic rings. The van der Waals surface area contributed by atoms with E-state index in [1.54, 1.807) is 4.90 Å². The lowest BCUT2D eigenvalue weighted by Gasteiger charge is -2.33. The smallest absolute Gasteiger partial charge is 0.236 e. The highest BCUT2D eigenvalue weighted by Gasteiger charge is 2.22. The van der Waals surface area contributed by atoms with E-state index in [1.165, 1.54) is 19.3 Å². The molecule has 1 aliphatic heterocycles. The predicted molar refractivity (Wildman–Crippen MR) is 80.3 cm³/mol. The summed E-state index contributed by atoms with van der Waals surface area (Å²) in [4.78, 5) is 15.9. The summed E-state index contributed by atoms with van der Waals surface area (Å²) < 4.78 is 0. The molecule has 0 aromatic carbocycles. The Labute approximate surface area is 118 Å². The van der Waals surface area contributed by atoms with Crippen LogP contribution in [-0.4, -0.2) is 61.5 Å². The van der Waals surface area contributed by atoms with E-state index in [0.717, 1.165) is 25.9 Å². The largest absolute Gasteiger partial charge is 0.348 e. The van der Waals surface area contributed by atoms with Crippen molar-refractivity contribution in [3.8, 4) is 0 Å². The number of carbonyl (C=O) groups is 1. The van der Waals surface area contributed by atoms with Gasteiger partial charge in [-0.3, -0.25) is 9.69 Å². The molecule has 1 N–H and O–H groups in total. The van der Waals surface area contributed by atoms with Crippen LogP contribution >= 0.6 is 0 Å². The number of nitrogens with zero attached hydrogens (tertiary/aromatic N) is 2.